The predicted octanol–water partition coefficient (Wildman–Crippen LogP) is 5.85. The van der Waals surface area contributed by atoms with Gasteiger partial charge in [0, 0.05) is 17.5 Å². The lowest BCUT2D eigenvalue weighted by molar-refractivity contribution is -0.115. The molecule has 0 radical (unpaired) electrons. The van der Waals surface area contributed by atoms with Crippen molar-refractivity contribution in [1.82, 2.24) is 5.32 Å². The molecule has 0 bridgehead atoms. The average Bonchev–Trinajstić information content (AvgIpc) is 3.00. The molecule has 1 atom stereocenters. The van der Waals surface area contributed by atoms with E-state index in [1.807, 2.05) is 18.2 Å². The molecule has 30 heavy (non-hydrogen) atoms. The number of rotatable bonds is 4. The van der Waals surface area contributed by atoms with Crippen LogP contribution in [-0.2, 0) is 4.79 Å². The lowest BCUT2D eigenvalue weighted by Crippen LogP contribution is -2.38. The maximum absolute atomic E-state index is 13.0. The van der Waals surface area contributed by atoms with Crippen molar-refractivity contribution in [3.8, 4) is 5.75 Å². The predicted molar refractivity (Wildman–Crippen MR) is 121 cm³/mol. The second-order valence-electron chi connectivity index (χ2n) is 7.96. The van der Waals surface area contributed by atoms with E-state index in [1.54, 1.807) is 29.3 Å². The Labute approximate surface area is 186 Å². The van der Waals surface area contributed by atoms with Gasteiger partial charge in [-0.25, -0.2) is 0 Å². The van der Waals surface area contributed by atoms with Crippen molar-refractivity contribution in [3.63, 3.8) is 0 Å². The summed E-state index contributed by atoms with van der Waals surface area (Å²) in [6.45, 7) is 0. The molecule has 1 saturated carbocycles. The number of anilines is 1. The van der Waals surface area contributed by atoms with E-state index < -0.39 is 0 Å². The third-order valence-corrected chi connectivity index (χ3v) is 6.34. The molecule has 1 heterocycles. The smallest absolute Gasteiger partial charge is 0.267 e. The van der Waals surface area contributed by atoms with E-state index in [-0.39, 0.29) is 23.7 Å². The van der Waals surface area contributed by atoms with Gasteiger partial charge >= 0.3 is 0 Å². The summed E-state index contributed by atoms with van der Waals surface area (Å²) in [6, 6.07) is 12.2. The average molecular weight is 446 g/mol. The first-order valence-electron chi connectivity index (χ1n) is 10.4. The Morgan fingerprint density at radius 2 is 1.73 bits per heavy atom. The molecule has 0 spiro atoms. The van der Waals surface area contributed by atoms with Crippen LogP contribution >= 0.6 is 23.2 Å². The largest absolute Gasteiger partial charge is 0.508 e. The molecule has 158 valence electrons. The molecule has 1 amide bonds. The van der Waals surface area contributed by atoms with Gasteiger partial charge in [-0.05, 0) is 48.7 Å². The number of benzene rings is 2. The Morgan fingerprint density at radius 1 is 1.03 bits per heavy atom. The fraction of sp³-hybridized carbons (Fsp3) is 0.391. The molecule has 1 fully saturated rings. The second-order valence-corrected chi connectivity index (χ2v) is 8.80. The zero-order valence-electron chi connectivity index (χ0n) is 16.7. The summed E-state index contributed by atoms with van der Waals surface area (Å²) in [5.41, 5.74) is 2.12. The number of hydrogen-bond acceptors (Lipinski definition) is 4. The van der Waals surface area contributed by atoms with Crippen LogP contribution in [0.2, 0.25) is 10.0 Å². The lowest BCUT2D eigenvalue weighted by atomic mass is 10.0. The van der Waals surface area contributed by atoms with Gasteiger partial charge in [0.1, 0.15) is 11.5 Å². The molecule has 1 aliphatic carbocycles. The second kappa shape index (κ2) is 9.27. The van der Waals surface area contributed by atoms with Gasteiger partial charge in [-0.3, -0.25) is 9.80 Å². The molecule has 1 aliphatic heterocycles. The van der Waals surface area contributed by atoms with Crippen LogP contribution in [0.1, 0.15) is 56.6 Å². The molecule has 0 saturated heterocycles. The van der Waals surface area contributed by atoms with Gasteiger partial charge < -0.3 is 10.4 Å². The standard InChI is InChI=1S/C23H25Cl2N3O2/c24-16-9-12-21(19(25)13-16)28-22(15-7-10-18(29)11-8-15)14-20(27-28)23(30)26-17-5-3-1-2-4-6-17/h7-13,17,22,29H,1-6,14H2,(H,26,30)/t22-/m1/s1. The van der Waals surface area contributed by atoms with Crippen molar-refractivity contribution in [3.05, 3.63) is 58.1 Å². The number of hydrogen-bond donors (Lipinski definition) is 2. The minimum Gasteiger partial charge on any atom is -0.508 e. The molecule has 0 unspecified atom stereocenters. The van der Waals surface area contributed by atoms with Crippen molar-refractivity contribution in [1.29, 1.82) is 0 Å². The van der Waals surface area contributed by atoms with Gasteiger partial charge in [0.2, 0.25) is 0 Å². The summed E-state index contributed by atoms with van der Waals surface area (Å²) in [4.78, 5) is 13.0. The van der Waals surface area contributed by atoms with Gasteiger partial charge in [-0.2, -0.15) is 5.10 Å². The quantitative estimate of drug-likeness (QED) is 0.580. The van der Waals surface area contributed by atoms with Crippen LogP contribution in [-0.4, -0.2) is 22.8 Å². The number of carbonyl (C=O) groups is 1. The van der Waals surface area contributed by atoms with Gasteiger partial charge in [0.05, 0.1) is 16.8 Å². The van der Waals surface area contributed by atoms with Gasteiger partial charge in [-0.1, -0.05) is 61.0 Å². The van der Waals surface area contributed by atoms with Crippen molar-refractivity contribution in [2.75, 3.05) is 5.01 Å². The molecule has 2 aromatic rings. The van der Waals surface area contributed by atoms with Crippen LogP contribution in [0.15, 0.2) is 47.6 Å². The zero-order chi connectivity index (χ0) is 21.1. The first-order valence-corrected chi connectivity index (χ1v) is 11.2. The molecule has 2 N–H and O–H groups in total. The summed E-state index contributed by atoms with van der Waals surface area (Å²) < 4.78 is 0. The number of nitrogens with one attached hydrogen (secondary N) is 1. The van der Waals surface area contributed by atoms with Crippen LogP contribution in [0.3, 0.4) is 0 Å². The highest BCUT2D eigenvalue weighted by Gasteiger charge is 2.34. The number of halogens is 2. The van der Waals surface area contributed by atoms with E-state index in [9.17, 15) is 9.90 Å². The SMILES string of the molecule is O=C(NC1CCCCCC1)C1=NN(c2ccc(Cl)cc2Cl)[C@@H](c2ccc(O)cc2)C1. The summed E-state index contributed by atoms with van der Waals surface area (Å²) in [5, 5.41) is 20.3. The highest BCUT2D eigenvalue weighted by atomic mass is 35.5. The highest BCUT2D eigenvalue weighted by molar-refractivity contribution is 6.40. The van der Waals surface area contributed by atoms with Crippen molar-refractivity contribution in [2.24, 2.45) is 5.10 Å². The van der Waals surface area contributed by atoms with E-state index in [1.165, 1.54) is 12.8 Å². The van der Waals surface area contributed by atoms with E-state index >= 15 is 0 Å². The maximum atomic E-state index is 13.0. The Bertz CT molecular complexity index is 938. The molecule has 4 rings (SSSR count). The summed E-state index contributed by atoms with van der Waals surface area (Å²) >= 11 is 12.5. The molecule has 2 aliphatic rings. The topological polar surface area (TPSA) is 64.9 Å². The Morgan fingerprint density at radius 3 is 2.40 bits per heavy atom. The monoisotopic (exact) mass is 445 g/mol. The number of nitrogens with zero attached hydrogens (tertiary/aromatic N) is 2. The van der Waals surface area contributed by atoms with Crippen LogP contribution < -0.4 is 10.3 Å². The fourth-order valence-corrected chi connectivity index (χ4v) is 4.68. The summed E-state index contributed by atoms with van der Waals surface area (Å²) in [5.74, 6) is 0.0818. The number of amides is 1. The summed E-state index contributed by atoms with van der Waals surface area (Å²) in [7, 11) is 0. The van der Waals surface area contributed by atoms with Crippen molar-refractivity contribution in [2.45, 2.75) is 57.0 Å². The third-order valence-electron chi connectivity index (χ3n) is 5.80. The van der Waals surface area contributed by atoms with Gasteiger partial charge in [0.15, 0.2) is 0 Å². The summed E-state index contributed by atoms with van der Waals surface area (Å²) in [6.07, 6.45) is 7.28. The third kappa shape index (κ3) is 4.73. The normalized spacial score (nSPS) is 20.0. The number of hydrazone groups is 1. The Balaban J connectivity index is 1.61. The maximum Gasteiger partial charge on any atom is 0.267 e. The van der Waals surface area contributed by atoms with Crippen LogP contribution in [0.4, 0.5) is 5.69 Å². The molecule has 5 nitrogen and oxygen atoms in total. The van der Waals surface area contributed by atoms with E-state index in [2.05, 4.69) is 10.4 Å². The number of phenolic OH excluding ortho intramolecular Hbond substituents is 1. The van der Waals surface area contributed by atoms with Crippen LogP contribution in [0.5, 0.6) is 5.75 Å². The Hall–Kier alpha value is -2.24. The minimum atomic E-state index is -0.195. The molecular weight excluding hydrogens is 421 g/mol. The lowest BCUT2D eigenvalue weighted by Gasteiger charge is -2.25. The van der Waals surface area contributed by atoms with E-state index in [4.69, 9.17) is 23.2 Å². The van der Waals surface area contributed by atoms with Crippen molar-refractivity contribution < 1.29 is 9.90 Å². The first-order chi connectivity index (χ1) is 14.5. The number of aromatic hydroxyl groups is 1. The Kier molecular flexibility index (Phi) is 6.49. The molecule has 7 heteroatoms. The molecule has 2 aromatic carbocycles. The number of carbonyl (C=O) groups excluding carboxylic acids is 1. The van der Waals surface area contributed by atoms with Crippen LogP contribution in [0.25, 0.3) is 0 Å². The number of phenols is 1. The minimum absolute atomic E-state index is 0.113. The molecular formula is C23H25Cl2N3O2. The van der Waals surface area contributed by atoms with Gasteiger partial charge in [-0.15, -0.1) is 0 Å². The van der Waals surface area contributed by atoms with E-state index in [0.717, 1.165) is 31.2 Å². The van der Waals surface area contributed by atoms with Gasteiger partial charge in [0.25, 0.3) is 5.91 Å². The van der Waals surface area contributed by atoms with Crippen LogP contribution in [0, 0.1) is 0 Å². The zero-order valence-corrected chi connectivity index (χ0v) is 18.2. The molecule has 0 aromatic heterocycles. The fourth-order valence-electron chi connectivity index (χ4n) is 4.19. The van der Waals surface area contributed by atoms with Crippen molar-refractivity contribution >= 4 is 40.5 Å². The van der Waals surface area contributed by atoms with E-state index in [0.29, 0.717) is 27.9 Å². The first kappa shape index (κ1) is 21.0. The highest BCUT2D eigenvalue weighted by Crippen LogP contribution is 2.40.